The van der Waals surface area contributed by atoms with E-state index in [1.807, 2.05) is 36.6 Å². The summed E-state index contributed by atoms with van der Waals surface area (Å²) in [6.07, 6.45) is 2.36. The molecule has 0 aliphatic rings. The van der Waals surface area contributed by atoms with E-state index in [0.717, 1.165) is 10.2 Å². The minimum atomic E-state index is -0.743. The Morgan fingerprint density at radius 3 is 2.62 bits per heavy atom. The van der Waals surface area contributed by atoms with Crippen LogP contribution in [0.1, 0.15) is 6.42 Å². The molecule has 0 spiro atoms. The summed E-state index contributed by atoms with van der Waals surface area (Å²) < 4.78 is 5.80. The highest BCUT2D eigenvalue weighted by molar-refractivity contribution is 7.98. The Kier molecular flexibility index (Phi) is 7.40. The van der Waals surface area contributed by atoms with Gasteiger partial charge in [0.05, 0.1) is 12.8 Å². The van der Waals surface area contributed by atoms with Crippen LogP contribution in [0.4, 0.5) is 0 Å². The van der Waals surface area contributed by atoms with Crippen LogP contribution >= 0.6 is 11.8 Å². The Morgan fingerprint density at radius 2 is 1.96 bits per heavy atom. The van der Waals surface area contributed by atoms with Crippen LogP contribution in [0, 0.1) is 0 Å². The van der Waals surface area contributed by atoms with Gasteiger partial charge in [0.1, 0.15) is 12.6 Å². The lowest BCUT2D eigenvalue weighted by Crippen LogP contribution is -2.44. The second kappa shape index (κ2) is 9.76. The van der Waals surface area contributed by atoms with Crippen molar-refractivity contribution >= 4 is 23.6 Å². The van der Waals surface area contributed by atoms with Crippen molar-refractivity contribution in [3.05, 3.63) is 52.8 Å². The summed E-state index contributed by atoms with van der Waals surface area (Å²) in [5.41, 5.74) is 1.04. The molecular formula is C18H21N3O4S. The van der Waals surface area contributed by atoms with Crippen LogP contribution in [0.15, 0.2) is 47.3 Å². The topological polar surface area (TPSA) is 90.3 Å². The summed E-state index contributed by atoms with van der Waals surface area (Å²) in [5, 5.41) is 6.85. The number of aromatic nitrogens is 2. The predicted molar refractivity (Wildman–Crippen MR) is 101 cm³/mol. The van der Waals surface area contributed by atoms with Gasteiger partial charge in [-0.1, -0.05) is 30.3 Å². The van der Waals surface area contributed by atoms with Gasteiger partial charge in [0, 0.05) is 11.6 Å². The highest BCUT2D eigenvalue weighted by atomic mass is 32.2. The van der Waals surface area contributed by atoms with Crippen molar-refractivity contribution in [1.82, 2.24) is 15.1 Å². The van der Waals surface area contributed by atoms with Crippen molar-refractivity contribution < 1.29 is 14.3 Å². The molecule has 2 rings (SSSR count). The Morgan fingerprint density at radius 1 is 1.23 bits per heavy atom. The number of rotatable bonds is 8. The normalized spacial score (nSPS) is 11.6. The highest BCUT2D eigenvalue weighted by Crippen LogP contribution is 2.13. The van der Waals surface area contributed by atoms with Gasteiger partial charge in [-0.2, -0.15) is 16.9 Å². The Hall–Kier alpha value is -2.61. The highest BCUT2D eigenvalue weighted by Gasteiger charge is 2.21. The number of nitrogens with one attached hydrogen (secondary N) is 1. The molecule has 1 amide bonds. The number of carbonyl (C=O) groups excluding carboxylic acids is 2. The maximum absolute atomic E-state index is 12.3. The molecule has 0 aliphatic heterocycles. The molecule has 138 valence electrons. The number of hydrogen-bond donors (Lipinski definition) is 1. The molecule has 1 aromatic carbocycles. The Balaban J connectivity index is 2.12. The summed E-state index contributed by atoms with van der Waals surface area (Å²) >= 11 is 1.56. The number of methoxy groups -OCH3 is 1. The molecule has 0 bridgehead atoms. The summed E-state index contributed by atoms with van der Waals surface area (Å²) in [6.45, 7) is -0.272. The molecule has 0 saturated heterocycles. The van der Waals surface area contributed by atoms with E-state index in [9.17, 15) is 14.4 Å². The van der Waals surface area contributed by atoms with E-state index in [-0.39, 0.29) is 6.54 Å². The van der Waals surface area contributed by atoms with Gasteiger partial charge in [-0.15, -0.1) is 0 Å². The van der Waals surface area contributed by atoms with Crippen LogP contribution in [0.3, 0.4) is 0 Å². The first kappa shape index (κ1) is 19.7. The van der Waals surface area contributed by atoms with E-state index in [0.29, 0.717) is 17.9 Å². The third-order valence-electron chi connectivity index (χ3n) is 3.66. The zero-order chi connectivity index (χ0) is 18.9. The first-order valence-electron chi connectivity index (χ1n) is 8.05. The van der Waals surface area contributed by atoms with E-state index in [1.165, 1.54) is 13.2 Å². The number of hydrogen-bond acceptors (Lipinski definition) is 6. The van der Waals surface area contributed by atoms with E-state index < -0.39 is 23.5 Å². The molecule has 1 aromatic heterocycles. The lowest BCUT2D eigenvalue weighted by molar-refractivity contribution is -0.145. The standard InChI is InChI=1S/C18H21N3O4S/c1-25-18(24)15(10-11-26-2)19-16(22)12-21-17(23)9-8-14(20-21)13-6-4-3-5-7-13/h3-9,15H,10-12H2,1-2H3,(H,19,22)/t15-/m1/s1. The minimum absolute atomic E-state index is 0.272. The van der Waals surface area contributed by atoms with Gasteiger partial charge in [0.2, 0.25) is 5.91 Å². The molecule has 0 saturated carbocycles. The van der Waals surface area contributed by atoms with Crippen LogP contribution in [-0.2, 0) is 20.9 Å². The molecule has 0 radical (unpaired) electrons. The summed E-state index contributed by atoms with van der Waals surface area (Å²) in [5.74, 6) is -0.283. The van der Waals surface area contributed by atoms with Crippen LogP contribution in [0.5, 0.6) is 0 Å². The first-order chi connectivity index (χ1) is 12.5. The van der Waals surface area contributed by atoms with Crippen LogP contribution in [0.2, 0.25) is 0 Å². The summed E-state index contributed by atoms with van der Waals surface area (Å²) in [6, 6.07) is 11.6. The van der Waals surface area contributed by atoms with Crippen molar-refractivity contribution in [2.24, 2.45) is 0 Å². The van der Waals surface area contributed by atoms with Gasteiger partial charge in [0.25, 0.3) is 5.56 Å². The third kappa shape index (κ3) is 5.45. The number of esters is 1. The average molecular weight is 375 g/mol. The maximum atomic E-state index is 12.3. The van der Waals surface area contributed by atoms with Crippen LogP contribution in [0.25, 0.3) is 11.3 Å². The largest absolute Gasteiger partial charge is 0.467 e. The molecule has 26 heavy (non-hydrogen) atoms. The fourth-order valence-corrected chi connectivity index (χ4v) is 2.80. The fourth-order valence-electron chi connectivity index (χ4n) is 2.33. The zero-order valence-corrected chi connectivity index (χ0v) is 15.5. The lowest BCUT2D eigenvalue weighted by atomic mass is 10.1. The molecular weight excluding hydrogens is 354 g/mol. The second-order valence-electron chi connectivity index (χ2n) is 5.51. The summed E-state index contributed by atoms with van der Waals surface area (Å²) in [7, 11) is 1.27. The van der Waals surface area contributed by atoms with Crippen LogP contribution < -0.4 is 10.9 Å². The van der Waals surface area contributed by atoms with Gasteiger partial charge in [0.15, 0.2) is 0 Å². The van der Waals surface area contributed by atoms with E-state index in [1.54, 1.807) is 17.8 Å². The summed E-state index contributed by atoms with van der Waals surface area (Å²) in [4.78, 5) is 36.1. The number of nitrogens with zero attached hydrogens (tertiary/aromatic N) is 2. The van der Waals surface area contributed by atoms with E-state index >= 15 is 0 Å². The second-order valence-corrected chi connectivity index (χ2v) is 6.49. The lowest BCUT2D eigenvalue weighted by Gasteiger charge is -2.16. The molecule has 8 heteroatoms. The van der Waals surface area contributed by atoms with Gasteiger partial charge in [-0.3, -0.25) is 9.59 Å². The number of ether oxygens (including phenoxy) is 1. The number of benzene rings is 1. The third-order valence-corrected chi connectivity index (χ3v) is 4.31. The fraction of sp³-hybridized carbons (Fsp3) is 0.333. The van der Waals surface area contributed by atoms with E-state index in [4.69, 9.17) is 4.74 Å². The smallest absolute Gasteiger partial charge is 0.328 e. The molecule has 1 atom stereocenters. The molecule has 2 aromatic rings. The van der Waals surface area contributed by atoms with Gasteiger partial charge in [-0.05, 0) is 24.5 Å². The number of thioether (sulfide) groups is 1. The van der Waals surface area contributed by atoms with Crippen molar-refractivity contribution in [3.63, 3.8) is 0 Å². The van der Waals surface area contributed by atoms with Gasteiger partial charge < -0.3 is 10.1 Å². The quantitative estimate of drug-likeness (QED) is 0.700. The van der Waals surface area contributed by atoms with Crippen molar-refractivity contribution in [3.8, 4) is 11.3 Å². The molecule has 1 N–H and O–H groups in total. The molecule has 1 heterocycles. The van der Waals surface area contributed by atoms with Gasteiger partial charge >= 0.3 is 5.97 Å². The van der Waals surface area contributed by atoms with Crippen molar-refractivity contribution in [1.29, 1.82) is 0 Å². The monoisotopic (exact) mass is 375 g/mol. The molecule has 0 unspecified atom stereocenters. The van der Waals surface area contributed by atoms with Crippen molar-refractivity contribution in [2.45, 2.75) is 19.0 Å². The molecule has 0 aliphatic carbocycles. The molecule has 7 nitrogen and oxygen atoms in total. The van der Waals surface area contributed by atoms with Crippen LogP contribution in [-0.4, -0.2) is 46.8 Å². The number of carbonyl (C=O) groups is 2. The Labute approximate surface area is 155 Å². The van der Waals surface area contributed by atoms with Gasteiger partial charge in [-0.25, -0.2) is 9.48 Å². The molecule has 0 fully saturated rings. The first-order valence-corrected chi connectivity index (χ1v) is 9.44. The van der Waals surface area contributed by atoms with Crippen molar-refractivity contribution in [2.75, 3.05) is 19.1 Å². The number of amides is 1. The average Bonchev–Trinajstić information content (AvgIpc) is 2.66. The minimum Gasteiger partial charge on any atom is -0.467 e. The predicted octanol–water partition coefficient (Wildman–Crippen LogP) is 1.32. The maximum Gasteiger partial charge on any atom is 0.328 e. The Bertz CT molecular complexity index is 808. The zero-order valence-electron chi connectivity index (χ0n) is 14.7. The SMILES string of the molecule is COC(=O)[C@@H](CCSC)NC(=O)Cn1nc(-c2ccccc2)ccc1=O. The van der Waals surface area contributed by atoms with E-state index in [2.05, 4.69) is 10.4 Å².